The molecule has 126 valence electrons. The smallest absolute Gasteiger partial charge is 0.325 e. The van der Waals surface area contributed by atoms with Gasteiger partial charge in [0.05, 0.1) is 0 Å². The first kappa shape index (κ1) is 16.2. The Balaban J connectivity index is 1.63. The van der Waals surface area contributed by atoms with Gasteiger partial charge in [-0.1, -0.05) is 0 Å². The van der Waals surface area contributed by atoms with Crippen molar-refractivity contribution in [3.8, 4) is 0 Å². The molecule has 1 unspecified atom stereocenters. The quantitative estimate of drug-likeness (QED) is 0.633. The second kappa shape index (κ2) is 5.74. The Labute approximate surface area is 139 Å². The van der Waals surface area contributed by atoms with Gasteiger partial charge in [-0.2, -0.15) is 0 Å². The van der Waals surface area contributed by atoms with E-state index in [-0.39, 0.29) is 24.2 Å². The van der Waals surface area contributed by atoms with E-state index in [1.807, 2.05) is 0 Å². The predicted molar refractivity (Wildman–Crippen MR) is 86.4 cm³/mol. The lowest BCUT2D eigenvalue weighted by atomic mass is 9.96. The molecule has 2 N–H and O–H groups in total. The van der Waals surface area contributed by atoms with Crippen molar-refractivity contribution in [2.75, 3.05) is 11.9 Å². The second-order valence-corrected chi connectivity index (χ2v) is 6.48. The molecule has 1 aromatic carbocycles. The van der Waals surface area contributed by atoms with Crippen molar-refractivity contribution in [2.24, 2.45) is 5.92 Å². The number of anilines is 1. The Bertz CT molecular complexity index is 724. The van der Waals surface area contributed by atoms with Gasteiger partial charge in [-0.15, -0.1) is 0 Å². The van der Waals surface area contributed by atoms with E-state index in [4.69, 9.17) is 0 Å². The number of carbonyl (C=O) groups is 4. The fourth-order valence-electron chi connectivity index (χ4n) is 2.93. The highest BCUT2D eigenvalue weighted by Crippen LogP contribution is 2.42. The molecule has 1 aliphatic heterocycles. The fourth-order valence-corrected chi connectivity index (χ4v) is 2.93. The molecular formula is C17H19N3O4. The Hall–Kier alpha value is -2.70. The molecule has 7 heteroatoms. The van der Waals surface area contributed by atoms with Crippen molar-refractivity contribution >= 4 is 29.3 Å². The second-order valence-electron chi connectivity index (χ2n) is 6.48. The summed E-state index contributed by atoms with van der Waals surface area (Å²) in [5.41, 5.74) is 0.157. The molecule has 0 radical (unpaired) electrons. The molecule has 1 aromatic rings. The molecule has 24 heavy (non-hydrogen) atoms. The normalized spacial score (nSPS) is 23.2. The van der Waals surface area contributed by atoms with Gasteiger partial charge in [-0.3, -0.25) is 19.3 Å². The van der Waals surface area contributed by atoms with Gasteiger partial charge in [0.2, 0.25) is 5.91 Å². The van der Waals surface area contributed by atoms with Gasteiger partial charge in [0.25, 0.3) is 5.91 Å². The van der Waals surface area contributed by atoms with Crippen molar-refractivity contribution in [3.05, 3.63) is 29.8 Å². The zero-order valence-corrected chi connectivity index (χ0v) is 13.6. The van der Waals surface area contributed by atoms with Crippen LogP contribution in [0.1, 0.15) is 37.0 Å². The van der Waals surface area contributed by atoms with E-state index < -0.39 is 17.5 Å². The molecule has 2 aliphatic rings. The first-order valence-electron chi connectivity index (χ1n) is 7.86. The molecule has 0 spiro atoms. The topological polar surface area (TPSA) is 95.6 Å². The number of nitrogens with one attached hydrogen (secondary N) is 2. The minimum Gasteiger partial charge on any atom is -0.325 e. The van der Waals surface area contributed by atoms with Crippen molar-refractivity contribution in [1.82, 2.24) is 10.2 Å². The number of hydrogen-bond donors (Lipinski definition) is 2. The number of urea groups is 1. The van der Waals surface area contributed by atoms with Gasteiger partial charge in [0.1, 0.15) is 12.1 Å². The number of benzene rings is 1. The van der Waals surface area contributed by atoms with E-state index >= 15 is 0 Å². The lowest BCUT2D eigenvalue weighted by Crippen LogP contribution is -2.46. The highest BCUT2D eigenvalue weighted by molar-refractivity contribution is 6.10. The maximum absolute atomic E-state index is 12.5. The van der Waals surface area contributed by atoms with Crippen LogP contribution < -0.4 is 10.6 Å². The van der Waals surface area contributed by atoms with Crippen molar-refractivity contribution in [1.29, 1.82) is 0 Å². The van der Waals surface area contributed by atoms with Crippen LogP contribution in [-0.2, 0) is 9.59 Å². The maximum Gasteiger partial charge on any atom is 0.325 e. The molecule has 0 bridgehead atoms. The Morgan fingerprint density at radius 2 is 1.88 bits per heavy atom. The number of carbonyl (C=O) groups excluding carboxylic acids is 4. The Kier molecular flexibility index (Phi) is 3.87. The minimum absolute atomic E-state index is 0.0634. The first-order valence-corrected chi connectivity index (χ1v) is 7.86. The summed E-state index contributed by atoms with van der Waals surface area (Å²) in [7, 11) is 0. The highest BCUT2D eigenvalue weighted by Gasteiger charge is 2.56. The number of nitrogens with zero attached hydrogens (tertiary/aromatic N) is 1. The summed E-state index contributed by atoms with van der Waals surface area (Å²) in [6, 6.07) is 5.89. The van der Waals surface area contributed by atoms with Gasteiger partial charge in [-0.25, -0.2) is 4.79 Å². The summed E-state index contributed by atoms with van der Waals surface area (Å²) >= 11 is 0. The highest BCUT2D eigenvalue weighted by atomic mass is 16.2. The summed E-state index contributed by atoms with van der Waals surface area (Å²) in [6.45, 7) is 2.84. The molecule has 7 nitrogen and oxygen atoms in total. The number of ketones is 1. The number of rotatable bonds is 5. The van der Waals surface area contributed by atoms with E-state index in [9.17, 15) is 19.2 Å². The maximum atomic E-state index is 12.5. The summed E-state index contributed by atoms with van der Waals surface area (Å²) in [4.78, 5) is 48.8. The third-order valence-corrected chi connectivity index (χ3v) is 4.57. The number of hydrogen-bond acceptors (Lipinski definition) is 4. The van der Waals surface area contributed by atoms with Gasteiger partial charge >= 0.3 is 6.03 Å². The molecule has 1 aliphatic carbocycles. The zero-order valence-electron chi connectivity index (χ0n) is 13.6. The van der Waals surface area contributed by atoms with Gasteiger partial charge in [0, 0.05) is 11.3 Å². The lowest BCUT2D eigenvalue weighted by Gasteiger charge is -2.20. The van der Waals surface area contributed by atoms with E-state index in [1.165, 1.54) is 6.92 Å². The Morgan fingerprint density at radius 1 is 1.25 bits per heavy atom. The van der Waals surface area contributed by atoms with Crippen molar-refractivity contribution in [3.63, 3.8) is 0 Å². The zero-order chi connectivity index (χ0) is 17.5. The van der Waals surface area contributed by atoms with Crippen LogP contribution in [0.15, 0.2) is 24.3 Å². The molecule has 2 fully saturated rings. The molecule has 1 heterocycles. The molecule has 1 saturated heterocycles. The summed E-state index contributed by atoms with van der Waals surface area (Å²) < 4.78 is 0. The van der Waals surface area contributed by atoms with Crippen LogP contribution in [0, 0.1) is 5.92 Å². The summed E-state index contributed by atoms with van der Waals surface area (Å²) in [5.74, 6) is -0.723. The van der Waals surface area contributed by atoms with Crippen LogP contribution in [0.25, 0.3) is 0 Å². The average Bonchev–Trinajstić information content (AvgIpc) is 3.34. The van der Waals surface area contributed by atoms with Gasteiger partial charge < -0.3 is 10.6 Å². The van der Waals surface area contributed by atoms with Crippen LogP contribution in [0.5, 0.6) is 0 Å². The molecule has 4 amide bonds. The number of imide groups is 1. The number of amides is 4. The SMILES string of the molecule is CC(=O)c1ccc(NC(=O)CN2C(=O)NC(C)(C3CC3)C2=O)cc1. The van der Waals surface area contributed by atoms with Crippen molar-refractivity contribution < 1.29 is 19.2 Å². The van der Waals surface area contributed by atoms with Crippen LogP contribution in [0.2, 0.25) is 0 Å². The van der Waals surface area contributed by atoms with Crippen LogP contribution >= 0.6 is 0 Å². The number of Topliss-reactive ketones (excluding diaryl/α,β-unsaturated/α-hetero) is 1. The van der Waals surface area contributed by atoms with E-state index in [0.29, 0.717) is 11.3 Å². The standard InChI is InChI=1S/C17H19N3O4/c1-10(21)11-3-7-13(8-4-11)18-14(22)9-20-15(23)17(2,12-5-6-12)19-16(20)24/h3-4,7-8,12H,5-6,9H2,1-2H3,(H,18,22)(H,19,24). The molecule has 0 aromatic heterocycles. The summed E-state index contributed by atoms with van der Waals surface area (Å²) in [5, 5.41) is 5.33. The largest absolute Gasteiger partial charge is 0.325 e. The molecule has 1 saturated carbocycles. The van der Waals surface area contributed by atoms with E-state index in [1.54, 1.807) is 31.2 Å². The van der Waals surface area contributed by atoms with E-state index in [0.717, 1.165) is 17.7 Å². The third-order valence-electron chi connectivity index (χ3n) is 4.57. The van der Waals surface area contributed by atoms with Gasteiger partial charge in [-0.05, 0) is 56.9 Å². The fraction of sp³-hybridized carbons (Fsp3) is 0.412. The lowest BCUT2D eigenvalue weighted by molar-refractivity contribution is -0.134. The summed E-state index contributed by atoms with van der Waals surface area (Å²) in [6.07, 6.45) is 1.82. The monoisotopic (exact) mass is 329 g/mol. The Morgan fingerprint density at radius 3 is 2.42 bits per heavy atom. The van der Waals surface area contributed by atoms with Gasteiger partial charge in [0.15, 0.2) is 5.78 Å². The van der Waals surface area contributed by atoms with Crippen molar-refractivity contribution in [2.45, 2.75) is 32.2 Å². The molecular weight excluding hydrogens is 310 g/mol. The third kappa shape index (κ3) is 2.89. The first-order chi connectivity index (χ1) is 11.3. The van der Waals surface area contributed by atoms with Crippen LogP contribution in [-0.4, -0.2) is 40.6 Å². The molecule has 1 atom stereocenters. The average molecular weight is 329 g/mol. The minimum atomic E-state index is -0.888. The van der Waals surface area contributed by atoms with E-state index in [2.05, 4.69) is 10.6 Å². The van der Waals surface area contributed by atoms with Crippen LogP contribution in [0.4, 0.5) is 10.5 Å². The molecule has 3 rings (SSSR count). The predicted octanol–water partition coefficient (Wildman–Crippen LogP) is 1.55. The van der Waals surface area contributed by atoms with Crippen LogP contribution in [0.3, 0.4) is 0 Å².